The first-order chi connectivity index (χ1) is 16.6. The highest BCUT2D eigenvalue weighted by Crippen LogP contribution is 2.39. The van der Waals surface area contributed by atoms with E-state index in [4.69, 9.17) is 27.9 Å². The third-order valence-corrected chi connectivity index (χ3v) is 8.50. The second kappa shape index (κ2) is 12.0. The molecule has 3 atom stereocenters. The van der Waals surface area contributed by atoms with Crippen LogP contribution in [0, 0.1) is 5.92 Å². The van der Waals surface area contributed by atoms with Crippen LogP contribution in [0.25, 0.3) is 0 Å². The van der Waals surface area contributed by atoms with Crippen LogP contribution in [0.15, 0.2) is 36.4 Å². The van der Waals surface area contributed by atoms with E-state index in [2.05, 4.69) is 43.4 Å². The SMILES string of the molecule is CCC(CC)(CC1Cc2ccccc2C1)NCC(O)C(C)Oc1ccc(C(C)C(=O)O)c(Cl)c1Cl. The molecule has 0 heterocycles. The van der Waals surface area contributed by atoms with Crippen LogP contribution in [0.1, 0.15) is 69.6 Å². The molecule has 3 unspecified atom stereocenters. The largest absolute Gasteiger partial charge is 0.486 e. The van der Waals surface area contributed by atoms with Crippen molar-refractivity contribution in [1.82, 2.24) is 5.32 Å². The van der Waals surface area contributed by atoms with Gasteiger partial charge in [0.25, 0.3) is 0 Å². The van der Waals surface area contributed by atoms with Crippen LogP contribution in [0.2, 0.25) is 10.0 Å². The van der Waals surface area contributed by atoms with Gasteiger partial charge in [-0.05, 0) is 74.6 Å². The fourth-order valence-corrected chi connectivity index (χ4v) is 5.62. The lowest BCUT2D eigenvalue weighted by molar-refractivity contribution is -0.138. The molecule has 0 aliphatic heterocycles. The normalized spacial score (nSPS) is 16.5. The third-order valence-electron chi connectivity index (χ3n) is 7.62. The van der Waals surface area contributed by atoms with Gasteiger partial charge in [0, 0.05) is 12.1 Å². The fraction of sp³-hybridized carbons (Fsp3) is 0.536. The summed E-state index contributed by atoms with van der Waals surface area (Å²) in [5.74, 6) is -0.850. The highest BCUT2D eigenvalue weighted by atomic mass is 35.5. The summed E-state index contributed by atoms with van der Waals surface area (Å²) in [5.41, 5.74) is 3.29. The van der Waals surface area contributed by atoms with Crippen molar-refractivity contribution in [3.05, 3.63) is 63.1 Å². The molecule has 192 valence electrons. The number of halogens is 2. The number of aliphatic hydroxyl groups is 1. The van der Waals surface area contributed by atoms with Crippen LogP contribution in [-0.2, 0) is 17.6 Å². The Morgan fingerprint density at radius 2 is 1.69 bits per heavy atom. The first-order valence-corrected chi connectivity index (χ1v) is 13.2. The Hall–Kier alpha value is -1.79. The summed E-state index contributed by atoms with van der Waals surface area (Å²) in [5, 5.41) is 24.1. The Kier molecular flexibility index (Phi) is 9.50. The number of carbonyl (C=O) groups is 1. The molecule has 2 aromatic carbocycles. The van der Waals surface area contributed by atoms with Gasteiger partial charge in [-0.3, -0.25) is 4.79 Å². The van der Waals surface area contributed by atoms with E-state index in [1.165, 1.54) is 11.1 Å². The lowest BCUT2D eigenvalue weighted by Gasteiger charge is -2.37. The number of hydrogen-bond acceptors (Lipinski definition) is 4. The van der Waals surface area contributed by atoms with Crippen molar-refractivity contribution in [2.24, 2.45) is 5.92 Å². The molecule has 0 fully saturated rings. The van der Waals surface area contributed by atoms with E-state index in [0.29, 0.717) is 23.8 Å². The number of rotatable bonds is 12. The molecular weight excluding hydrogens is 485 g/mol. The fourth-order valence-electron chi connectivity index (χ4n) is 5.08. The number of nitrogens with one attached hydrogen (secondary N) is 1. The van der Waals surface area contributed by atoms with Crippen molar-refractivity contribution in [2.75, 3.05) is 6.54 Å². The summed E-state index contributed by atoms with van der Waals surface area (Å²) in [7, 11) is 0. The summed E-state index contributed by atoms with van der Waals surface area (Å²) >= 11 is 12.7. The van der Waals surface area contributed by atoms with Gasteiger partial charge in [-0.2, -0.15) is 0 Å². The smallest absolute Gasteiger partial charge is 0.310 e. The van der Waals surface area contributed by atoms with E-state index in [1.54, 1.807) is 26.0 Å². The quantitative estimate of drug-likeness (QED) is 0.307. The Balaban J connectivity index is 1.60. The van der Waals surface area contributed by atoms with Crippen molar-refractivity contribution >= 4 is 29.2 Å². The summed E-state index contributed by atoms with van der Waals surface area (Å²) < 4.78 is 5.94. The number of ether oxygens (including phenoxy) is 1. The predicted molar refractivity (Wildman–Crippen MR) is 142 cm³/mol. The average Bonchev–Trinajstić information content (AvgIpc) is 3.26. The van der Waals surface area contributed by atoms with E-state index in [9.17, 15) is 15.0 Å². The summed E-state index contributed by atoms with van der Waals surface area (Å²) in [6, 6.07) is 11.9. The molecule has 7 heteroatoms. The van der Waals surface area contributed by atoms with Gasteiger partial charge in [-0.1, -0.05) is 67.4 Å². The Labute approximate surface area is 218 Å². The Morgan fingerprint density at radius 3 is 2.23 bits per heavy atom. The second-order valence-electron chi connectivity index (χ2n) is 9.85. The Morgan fingerprint density at radius 1 is 1.09 bits per heavy atom. The van der Waals surface area contributed by atoms with Crippen molar-refractivity contribution in [3.63, 3.8) is 0 Å². The van der Waals surface area contributed by atoms with E-state index >= 15 is 0 Å². The predicted octanol–water partition coefficient (Wildman–Crippen LogP) is 6.26. The topological polar surface area (TPSA) is 78.8 Å². The molecule has 0 saturated carbocycles. The van der Waals surface area contributed by atoms with Crippen molar-refractivity contribution in [1.29, 1.82) is 0 Å². The van der Waals surface area contributed by atoms with E-state index < -0.39 is 24.1 Å². The van der Waals surface area contributed by atoms with Crippen LogP contribution in [-0.4, -0.2) is 40.5 Å². The number of fused-ring (bicyclic) bond motifs is 1. The van der Waals surface area contributed by atoms with Crippen molar-refractivity contribution in [3.8, 4) is 5.75 Å². The number of aliphatic hydroxyl groups excluding tert-OH is 1. The van der Waals surface area contributed by atoms with Crippen LogP contribution < -0.4 is 10.1 Å². The first-order valence-electron chi connectivity index (χ1n) is 12.5. The Bertz CT molecular complexity index is 999. The molecule has 0 aromatic heterocycles. The van der Waals surface area contributed by atoms with Gasteiger partial charge in [0.15, 0.2) is 0 Å². The maximum atomic E-state index is 11.3. The number of hydrogen-bond donors (Lipinski definition) is 3. The molecule has 2 aromatic rings. The number of benzene rings is 2. The molecule has 0 saturated heterocycles. The third kappa shape index (κ3) is 6.51. The molecule has 35 heavy (non-hydrogen) atoms. The molecule has 5 nitrogen and oxygen atoms in total. The van der Waals surface area contributed by atoms with Gasteiger partial charge >= 0.3 is 5.97 Å². The maximum absolute atomic E-state index is 11.3. The average molecular weight is 523 g/mol. The monoisotopic (exact) mass is 521 g/mol. The van der Waals surface area contributed by atoms with Gasteiger partial charge in [-0.15, -0.1) is 0 Å². The molecule has 0 bridgehead atoms. The van der Waals surface area contributed by atoms with Crippen LogP contribution >= 0.6 is 23.2 Å². The molecule has 0 spiro atoms. The molecule has 3 N–H and O–H groups in total. The van der Waals surface area contributed by atoms with Crippen molar-refractivity contribution < 1.29 is 19.7 Å². The highest BCUT2D eigenvalue weighted by Gasteiger charge is 2.33. The zero-order valence-corrected chi connectivity index (χ0v) is 22.5. The molecule has 0 radical (unpaired) electrons. The number of β-amino-alcohol motifs (C(OH)–C–C–N with tert-alkyl or cyclic N) is 1. The second-order valence-corrected chi connectivity index (χ2v) is 10.6. The van der Waals surface area contributed by atoms with Gasteiger partial charge in [0.05, 0.1) is 10.9 Å². The minimum Gasteiger partial charge on any atom is -0.486 e. The lowest BCUT2D eigenvalue weighted by atomic mass is 9.81. The molecular formula is C28H37Cl2NO4. The van der Waals surface area contributed by atoms with E-state index in [0.717, 1.165) is 32.1 Å². The lowest BCUT2D eigenvalue weighted by Crippen LogP contribution is -2.51. The highest BCUT2D eigenvalue weighted by molar-refractivity contribution is 6.43. The van der Waals surface area contributed by atoms with Gasteiger partial charge in [-0.25, -0.2) is 0 Å². The van der Waals surface area contributed by atoms with Crippen LogP contribution in [0.3, 0.4) is 0 Å². The molecule has 3 rings (SSSR count). The number of carboxylic acids is 1. The zero-order chi connectivity index (χ0) is 25.8. The van der Waals surface area contributed by atoms with Gasteiger partial charge < -0.3 is 20.3 Å². The number of aliphatic carboxylic acids is 1. The number of carboxylic acid groups (broad SMARTS) is 1. The van der Waals surface area contributed by atoms with Gasteiger partial charge in [0.2, 0.25) is 0 Å². The summed E-state index contributed by atoms with van der Waals surface area (Å²) in [6.07, 6.45) is 3.92. The zero-order valence-electron chi connectivity index (χ0n) is 21.0. The molecule has 1 aliphatic rings. The van der Waals surface area contributed by atoms with Crippen LogP contribution in [0.4, 0.5) is 0 Å². The maximum Gasteiger partial charge on any atom is 0.310 e. The van der Waals surface area contributed by atoms with Gasteiger partial charge in [0.1, 0.15) is 23.0 Å². The minimum atomic E-state index is -0.983. The van der Waals surface area contributed by atoms with Crippen LogP contribution in [0.5, 0.6) is 5.75 Å². The first kappa shape index (κ1) is 27.8. The standard InChI is InChI=1S/C28H37Cl2NO4/c1-5-28(6-2,15-19-13-20-9-7-8-10-21(20)14-19)31-16-23(32)18(4)35-24-12-11-22(17(3)27(33)34)25(29)26(24)30/h7-12,17-19,23,31-32H,5-6,13-16H2,1-4H3,(H,33,34). The molecule has 0 amide bonds. The van der Waals surface area contributed by atoms with E-state index in [1.807, 2.05) is 0 Å². The van der Waals surface area contributed by atoms with E-state index in [-0.39, 0.29) is 15.6 Å². The summed E-state index contributed by atoms with van der Waals surface area (Å²) in [4.78, 5) is 11.3. The minimum absolute atomic E-state index is 0.0526. The summed E-state index contributed by atoms with van der Waals surface area (Å²) in [6.45, 7) is 8.13. The molecule has 1 aliphatic carbocycles. The van der Waals surface area contributed by atoms with Crippen molar-refractivity contribution in [2.45, 2.75) is 83.5 Å².